The zero-order valence-corrected chi connectivity index (χ0v) is 20.2. The van der Waals surface area contributed by atoms with Crippen LogP contribution >= 0.6 is 0 Å². The van der Waals surface area contributed by atoms with Crippen LogP contribution in [0.4, 0.5) is 4.79 Å². The van der Waals surface area contributed by atoms with Crippen molar-refractivity contribution in [3.8, 4) is 12.3 Å². The van der Waals surface area contributed by atoms with E-state index in [0.717, 1.165) is 9.87 Å². The smallest absolute Gasteiger partial charge is 0.424 e. The summed E-state index contributed by atoms with van der Waals surface area (Å²) in [5, 5.41) is 0. The van der Waals surface area contributed by atoms with Crippen LogP contribution < -0.4 is 0 Å². The van der Waals surface area contributed by atoms with Gasteiger partial charge in [-0.05, 0) is 66.5 Å². The van der Waals surface area contributed by atoms with Crippen molar-refractivity contribution in [1.82, 2.24) is 4.31 Å². The van der Waals surface area contributed by atoms with Gasteiger partial charge in [-0.1, -0.05) is 23.6 Å². The summed E-state index contributed by atoms with van der Waals surface area (Å²) >= 11 is 0. The quantitative estimate of drug-likeness (QED) is 0.366. The number of amides is 1. The highest BCUT2D eigenvalue weighted by atomic mass is 32.2. The van der Waals surface area contributed by atoms with E-state index in [2.05, 4.69) is 5.92 Å². The number of terminal acetylenes is 1. The molecule has 0 aliphatic carbocycles. The van der Waals surface area contributed by atoms with E-state index in [1.807, 2.05) is 20.8 Å². The van der Waals surface area contributed by atoms with Crippen LogP contribution in [0.15, 0.2) is 29.2 Å². The molecule has 0 heterocycles. The Balaban J connectivity index is 3.06. The summed E-state index contributed by atoms with van der Waals surface area (Å²) in [4.78, 5) is 12.8. The molecular weight excluding hydrogens is 418 g/mol. The summed E-state index contributed by atoms with van der Waals surface area (Å²) in [5.74, 6) is 2.28. The highest BCUT2D eigenvalue weighted by molar-refractivity contribution is 7.89. The molecular formula is C23H35NO6S. The molecule has 0 bridgehead atoms. The number of hydrogen-bond donors (Lipinski definition) is 0. The van der Waals surface area contributed by atoms with E-state index in [0.29, 0.717) is 26.1 Å². The van der Waals surface area contributed by atoms with Gasteiger partial charge in [-0.15, -0.1) is 6.42 Å². The molecule has 0 N–H and O–H groups in total. The number of ether oxygens (including phenoxy) is 3. The van der Waals surface area contributed by atoms with Crippen LogP contribution in [-0.2, 0) is 24.2 Å². The lowest BCUT2D eigenvalue weighted by Gasteiger charge is -2.28. The van der Waals surface area contributed by atoms with E-state index < -0.39 is 28.0 Å². The van der Waals surface area contributed by atoms with Gasteiger partial charge in [0.25, 0.3) is 10.0 Å². The minimum absolute atomic E-state index is 0.0268. The largest absolute Gasteiger partial charge is 0.443 e. The van der Waals surface area contributed by atoms with Gasteiger partial charge < -0.3 is 14.2 Å². The molecule has 0 aromatic heterocycles. The van der Waals surface area contributed by atoms with E-state index in [9.17, 15) is 13.2 Å². The molecule has 0 aliphatic rings. The van der Waals surface area contributed by atoms with Crippen molar-refractivity contribution < 1.29 is 27.4 Å². The second-order valence-electron chi connectivity index (χ2n) is 8.07. The molecule has 0 saturated carbocycles. The monoisotopic (exact) mass is 453 g/mol. The van der Waals surface area contributed by atoms with Gasteiger partial charge in [-0.3, -0.25) is 0 Å². The average molecular weight is 454 g/mol. The molecule has 1 rings (SSSR count). The maximum absolute atomic E-state index is 13.2. The number of benzene rings is 1. The molecule has 1 aromatic rings. The first-order valence-corrected chi connectivity index (χ1v) is 11.9. The Morgan fingerprint density at radius 3 is 2.13 bits per heavy atom. The van der Waals surface area contributed by atoms with Crippen LogP contribution in [0.5, 0.6) is 0 Å². The van der Waals surface area contributed by atoms with Crippen LogP contribution in [-0.4, -0.2) is 50.5 Å². The number of rotatable bonds is 11. The maximum atomic E-state index is 13.2. The molecule has 1 unspecified atom stereocenters. The van der Waals surface area contributed by atoms with E-state index in [1.54, 1.807) is 32.9 Å². The Morgan fingerprint density at radius 1 is 1.13 bits per heavy atom. The molecule has 1 atom stereocenters. The number of carbonyl (C=O) groups is 1. The van der Waals surface area contributed by atoms with Crippen molar-refractivity contribution in [2.75, 3.05) is 19.8 Å². The maximum Gasteiger partial charge on any atom is 0.424 e. The summed E-state index contributed by atoms with van der Waals surface area (Å²) < 4.78 is 43.6. The second-order valence-corrected chi connectivity index (χ2v) is 9.93. The average Bonchev–Trinajstić information content (AvgIpc) is 2.66. The third-order valence-corrected chi connectivity index (χ3v) is 6.07. The van der Waals surface area contributed by atoms with Gasteiger partial charge in [0, 0.05) is 19.8 Å². The summed E-state index contributed by atoms with van der Waals surface area (Å²) in [7, 11) is -4.09. The number of nitrogens with zero attached hydrogens (tertiary/aromatic N) is 1. The fourth-order valence-electron chi connectivity index (χ4n) is 2.82. The van der Waals surface area contributed by atoms with Crippen molar-refractivity contribution in [3.63, 3.8) is 0 Å². The number of hydrogen-bond acceptors (Lipinski definition) is 6. The van der Waals surface area contributed by atoms with Crippen molar-refractivity contribution in [3.05, 3.63) is 29.8 Å². The predicted octanol–water partition coefficient (Wildman–Crippen LogP) is 4.35. The van der Waals surface area contributed by atoms with Crippen molar-refractivity contribution in [2.45, 2.75) is 71.2 Å². The SMILES string of the molecule is C#CC(CCCN(C(=O)OC(C)(C)C)S(=O)(=O)c1ccc(C)cc1)C(OCC)OCC. The molecule has 1 aromatic carbocycles. The molecule has 0 radical (unpaired) electrons. The minimum atomic E-state index is -4.09. The number of carbonyl (C=O) groups excluding carboxylic acids is 1. The van der Waals surface area contributed by atoms with E-state index >= 15 is 0 Å². The van der Waals surface area contributed by atoms with E-state index in [-0.39, 0.29) is 17.4 Å². The van der Waals surface area contributed by atoms with Crippen LogP contribution in [0, 0.1) is 25.2 Å². The van der Waals surface area contributed by atoms with Gasteiger partial charge in [0.15, 0.2) is 6.29 Å². The Hall–Kier alpha value is -2.08. The van der Waals surface area contributed by atoms with Crippen molar-refractivity contribution >= 4 is 16.1 Å². The first kappa shape index (κ1) is 27.0. The Bertz CT molecular complexity index is 830. The van der Waals surface area contributed by atoms with Crippen molar-refractivity contribution in [2.24, 2.45) is 5.92 Å². The van der Waals surface area contributed by atoms with Gasteiger partial charge in [0.05, 0.1) is 10.8 Å². The normalized spacial score (nSPS) is 13.0. The van der Waals surface area contributed by atoms with E-state index in [4.69, 9.17) is 20.6 Å². The Morgan fingerprint density at radius 2 is 1.68 bits per heavy atom. The fourth-order valence-corrected chi connectivity index (χ4v) is 4.16. The third-order valence-electron chi connectivity index (χ3n) is 4.29. The molecule has 0 aliphatic heterocycles. The summed E-state index contributed by atoms with van der Waals surface area (Å²) in [5.41, 5.74) is 0.0756. The van der Waals surface area contributed by atoms with Gasteiger partial charge in [0.2, 0.25) is 0 Å². The van der Waals surface area contributed by atoms with Gasteiger partial charge in [-0.25, -0.2) is 17.5 Å². The fraction of sp³-hybridized carbons (Fsp3) is 0.609. The van der Waals surface area contributed by atoms with Gasteiger partial charge >= 0.3 is 6.09 Å². The lowest BCUT2D eigenvalue weighted by Crippen LogP contribution is -2.41. The van der Waals surface area contributed by atoms with Gasteiger partial charge in [-0.2, -0.15) is 0 Å². The molecule has 0 saturated heterocycles. The topological polar surface area (TPSA) is 82.1 Å². The molecule has 0 fully saturated rings. The van der Waals surface area contributed by atoms with Crippen LogP contribution in [0.1, 0.15) is 53.0 Å². The standard InChI is InChI=1S/C23H35NO6S/c1-8-19(21(28-9-2)29-10-3)12-11-17-24(22(25)30-23(5,6)7)31(26,27)20-15-13-18(4)14-16-20/h1,13-16,19,21H,9-12,17H2,2-7H3. The van der Waals surface area contributed by atoms with Crippen molar-refractivity contribution in [1.29, 1.82) is 0 Å². The summed E-state index contributed by atoms with van der Waals surface area (Å²) in [6.07, 6.45) is 4.90. The number of sulfonamides is 1. The molecule has 1 amide bonds. The lowest BCUT2D eigenvalue weighted by atomic mass is 10.0. The van der Waals surface area contributed by atoms with Crippen LogP contribution in [0.3, 0.4) is 0 Å². The minimum Gasteiger partial charge on any atom is -0.443 e. The highest BCUT2D eigenvalue weighted by Crippen LogP contribution is 2.22. The first-order valence-electron chi connectivity index (χ1n) is 10.5. The van der Waals surface area contributed by atoms with Crippen LogP contribution in [0.25, 0.3) is 0 Å². The Labute approximate surface area is 187 Å². The zero-order chi connectivity index (χ0) is 23.7. The molecule has 7 nitrogen and oxygen atoms in total. The summed E-state index contributed by atoms with van der Waals surface area (Å²) in [6.45, 7) is 11.4. The summed E-state index contributed by atoms with van der Waals surface area (Å²) in [6, 6.07) is 6.32. The highest BCUT2D eigenvalue weighted by Gasteiger charge is 2.33. The zero-order valence-electron chi connectivity index (χ0n) is 19.4. The molecule has 8 heteroatoms. The predicted molar refractivity (Wildman–Crippen MR) is 120 cm³/mol. The molecule has 174 valence electrons. The molecule has 0 spiro atoms. The number of aryl methyl sites for hydroxylation is 1. The lowest BCUT2D eigenvalue weighted by molar-refractivity contribution is -0.156. The van der Waals surface area contributed by atoms with E-state index in [1.165, 1.54) is 12.1 Å². The Kier molecular flexibility index (Phi) is 10.5. The first-order chi connectivity index (χ1) is 14.5. The van der Waals surface area contributed by atoms with Crippen LogP contribution in [0.2, 0.25) is 0 Å². The second kappa shape index (κ2) is 12.1. The third kappa shape index (κ3) is 8.52. The molecule has 31 heavy (non-hydrogen) atoms. The van der Waals surface area contributed by atoms with Gasteiger partial charge in [0.1, 0.15) is 5.60 Å².